The van der Waals surface area contributed by atoms with Gasteiger partial charge < -0.3 is 4.74 Å². The number of allylic oxidation sites excluding steroid dienone is 2. The first-order chi connectivity index (χ1) is 11.7. The van der Waals surface area contributed by atoms with Crippen LogP contribution in [0.2, 0.25) is 0 Å². The van der Waals surface area contributed by atoms with E-state index in [9.17, 15) is 9.00 Å². The van der Waals surface area contributed by atoms with Gasteiger partial charge in [0.2, 0.25) is 11.3 Å². The predicted molar refractivity (Wildman–Crippen MR) is 95.3 cm³/mol. The highest BCUT2D eigenvalue weighted by molar-refractivity contribution is 7.78. The molecule has 1 N–H and O–H groups in total. The van der Waals surface area contributed by atoms with Gasteiger partial charge in [-0.2, -0.15) is 0 Å². The monoisotopic (exact) mass is 357 g/mol. The fourth-order valence-corrected chi connectivity index (χ4v) is 5.05. The minimum atomic E-state index is -1.37. The van der Waals surface area contributed by atoms with E-state index in [4.69, 9.17) is 4.18 Å². The standard InChI is InChI=1S/C18H31NO4S/c1-3-12-23-24(21)19-18-15-11-10-14(13-15)16(18)8-6-4-5-7-9-17(20)22-2/h4,6,14-16,18-19H,3,5,7-13H2,1-2H3/b6-4-/t14-,15+,16+,18?,24?/m1/s1. The van der Waals surface area contributed by atoms with Crippen LogP contribution in [-0.4, -0.2) is 29.9 Å². The molecule has 0 aromatic carbocycles. The van der Waals surface area contributed by atoms with Crippen LogP contribution in [0.5, 0.6) is 0 Å². The summed E-state index contributed by atoms with van der Waals surface area (Å²) in [6.07, 6.45) is 12.3. The Hall–Kier alpha value is -0.720. The van der Waals surface area contributed by atoms with Crippen LogP contribution in [0.25, 0.3) is 0 Å². The fraction of sp³-hybridized carbons (Fsp3) is 0.833. The van der Waals surface area contributed by atoms with Crippen molar-refractivity contribution in [2.24, 2.45) is 17.8 Å². The molecule has 0 radical (unpaired) electrons. The molecule has 0 heterocycles. The molecule has 2 bridgehead atoms. The lowest BCUT2D eigenvalue weighted by molar-refractivity contribution is -0.140. The number of hydrogen-bond acceptors (Lipinski definition) is 4. The maximum Gasteiger partial charge on any atom is 0.305 e. The second-order valence-electron chi connectivity index (χ2n) is 6.87. The van der Waals surface area contributed by atoms with Crippen LogP contribution in [0.15, 0.2) is 12.2 Å². The van der Waals surface area contributed by atoms with Gasteiger partial charge in [-0.25, -0.2) is 8.93 Å². The Morgan fingerprint density at radius 1 is 1.29 bits per heavy atom. The summed E-state index contributed by atoms with van der Waals surface area (Å²) < 4.78 is 25.2. The second kappa shape index (κ2) is 10.3. The maximum atomic E-state index is 12.0. The Morgan fingerprint density at radius 3 is 2.83 bits per heavy atom. The smallest absolute Gasteiger partial charge is 0.305 e. The highest BCUT2D eigenvalue weighted by Crippen LogP contribution is 2.50. The van der Waals surface area contributed by atoms with Crippen molar-refractivity contribution in [3.05, 3.63) is 12.2 Å². The van der Waals surface area contributed by atoms with Crippen molar-refractivity contribution in [2.75, 3.05) is 13.7 Å². The van der Waals surface area contributed by atoms with Crippen molar-refractivity contribution in [3.63, 3.8) is 0 Å². The molecule has 2 aliphatic carbocycles. The average molecular weight is 358 g/mol. The first-order valence-corrected chi connectivity index (χ1v) is 10.3. The maximum absolute atomic E-state index is 12.0. The number of ether oxygens (including phenoxy) is 1. The van der Waals surface area contributed by atoms with Crippen molar-refractivity contribution >= 4 is 17.2 Å². The molecule has 2 fully saturated rings. The third-order valence-electron chi connectivity index (χ3n) is 5.27. The van der Waals surface area contributed by atoms with Gasteiger partial charge in [-0.3, -0.25) is 8.98 Å². The molecule has 2 aliphatic rings. The zero-order valence-electron chi connectivity index (χ0n) is 14.9. The molecule has 0 aromatic rings. The molecule has 0 aromatic heterocycles. The number of rotatable bonds is 11. The molecular weight excluding hydrogens is 326 g/mol. The molecule has 0 saturated heterocycles. The third-order valence-corrected chi connectivity index (χ3v) is 6.11. The Bertz CT molecular complexity index is 454. The summed E-state index contributed by atoms with van der Waals surface area (Å²) in [4.78, 5) is 11.1. The first-order valence-electron chi connectivity index (χ1n) is 9.18. The van der Waals surface area contributed by atoms with E-state index in [0.29, 0.717) is 30.9 Å². The Labute approximate surface area is 148 Å². The van der Waals surface area contributed by atoms with E-state index in [1.165, 1.54) is 26.4 Å². The molecule has 138 valence electrons. The van der Waals surface area contributed by atoms with E-state index in [1.54, 1.807) is 0 Å². The van der Waals surface area contributed by atoms with Gasteiger partial charge in [-0.05, 0) is 62.7 Å². The van der Waals surface area contributed by atoms with Crippen LogP contribution < -0.4 is 4.72 Å². The van der Waals surface area contributed by atoms with E-state index in [0.717, 1.165) is 31.6 Å². The van der Waals surface area contributed by atoms with Gasteiger partial charge in [0, 0.05) is 12.5 Å². The topological polar surface area (TPSA) is 64.6 Å². The zero-order chi connectivity index (χ0) is 17.4. The van der Waals surface area contributed by atoms with E-state index in [1.807, 2.05) is 6.92 Å². The molecule has 5 atom stereocenters. The van der Waals surface area contributed by atoms with Crippen molar-refractivity contribution in [2.45, 2.75) is 64.3 Å². The Kier molecular flexibility index (Phi) is 8.42. The summed E-state index contributed by atoms with van der Waals surface area (Å²) in [6, 6.07) is 0.307. The molecule has 0 spiro atoms. The molecule has 2 saturated carbocycles. The minimum Gasteiger partial charge on any atom is -0.469 e. The number of carbonyl (C=O) groups is 1. The SMILES string of the molecule is CCCOS(=O)NC1[C@H]2CC[C@H](C2)[C@@H]1C/C=C\CCCC(=O)OC. The third kappa shape index (κ3) is 5.67. The van der Waals surface area contributed by atoms with Gasteiger partial charge in [0.15, 0.2) is 0 Å². The lowest BCUT2D eigenvalue weighted by Crippen LogP contribution is -2.42. The first kappa shape index (κ1) is 19.6. The minimum absolute atomic E-state index is 0.143. The van der Waals surface area contributed by atoms with Crippen LogP contribution in [0.4, 0.5) is 0 Å². The van der Waals surface area contributed by atoms with Crippen molar-refractivity contribution in [3.8, 4) is 0 Å². The van der Waals surface area contributed by atoms with Gasteiger partial charge in [0.05, 0.1) is 13.7 Å². The van der Waals surface area contributed by atoms with Gasteiger partial charge in [-0.15, -0.1) is 0 Å². The number of esters is 1. The highest BCUT2D eigenvalue weighted by Gasteiger charge is 2.47. The Morgan fingerprint density at radius 2 is 2.08 bits per heavy atom. The van der Waals surface area contributed by atoms with Crippen LogP contribution in [0, 0.1) is 17.8 Å². The molecule has 0 amide bonds. The summed E-state index contributed by atoms with van der Waals surface area (Å²) in [7, 11) is 1.43. The molecule has 6 heteroatoms. The molecule has 2 unspecified atom stereocenters. The summed E-state index contributed by atoms with van der Waals surface area (Å²) in [5, 5.41) is 0. The normalized spacial score (nSPS) is 30.1. The average Bonchev–Trinajstić information content (AvgIpc) is 3.18. The van der Waals surface area contributed by atoms with Crippen molar-refractivity contribution in [1.82, 2.24) is 4.72 Å². The molecule has 5 nitrogen and oxygen atoms in total. The van der Waals surface area contributed by atoms with Crippen LogP contribution >= 0.6 is 0 Å². The van der Waals surface area contributed by atoms with E-state index in [-0.39, 0.29) is 5.97 Å². The number of carbonyl (C=O) groups excluding carboxylic acids is 1. The van der Waals surface area contributed by atoms with Crippen LogP contribution in [0.1, 0.15) is 58.3 Å². The van der Waals surface area contributed by atoms with Gasteiger partial charge in [0.1, 0.15) is 0 Å². The molecule has 2 rings (SSSR count). The number of nitrogens with one attached hydrogen (secondary N) is 1. The zero-order valence-corrected chi connectivity index (χ0v) is 15.7. The van der Waals surface area contributed by atoms with Crippen molar-refractivity contribution < 1.29 is 17.9 Å². The van der Waals surface area contributed by atoms with Crippen LogP contribution in [-0.2, 0) is 25.0 Å². The summed E-state index contributed by atoms with van der Waals surface area (Å²) in [6.45, 7) is 2.55. The van der Waals surface area contributed by atoms with Gasteiger partial charge in [-0.1, -0.05) is 19.1 Å². The van der Waals surface area contributed by atoms with E-state index in [2.05, 4.69) is 21.6 Å². The Balaban J connectivity index is 1.75. The number of unbranched alkanes of at least 4 members (excludes halogenated alkanes) is 1. The van der Waals surface area contributed by atoms with Crippen LogP contribution in [0.3, 0.4) is 0 Å². The lowest BCUT2D eigenvalue weighted by Gasteiger charge is -2.30. The van der Waals surface area contributed by atoms with Gasteiger partial charge >= 0.3 is 5.97 Å². The number of methoxy groups -OCH3 is 1. The fourth-order valence-electron chi connectivity index (χ4n) is 4.07. The van der Waals surface area contributed by atoms with E-state index >= 15 is 0 Å². The largest absolute Gasteiger partial charge is 0.469 e. The van der Waals surface area contributed by atoms with Crippen molar-refractivity contribution in [1.29, 1.82) is 0 Å². The number of hydrogen-bond donors (Lipinski definition) is 1. The summed E-state index contributed by atoms with van der Waals surface area (Å²) in [5.41, 5.74) is 0. The lowest BCUT2D eigenvalue weighted by atomic mass is 9.83. The molecular formula is C18H31NO4S. The van der Waals surface area contributed by atoms with Gasteiger partial charge in [0.25, 0.3) is 0 Å². The highest BCUT2D eigenvalue weighted by atomic mass is 32.2. The number of fused-ring (bicyclic) bond motifs is 2. The summed E-state index contributed by atoms with van der Waals surface area (Å²) in [5.74, 6) is 1.79. The molecule has 24 heavy (non-hydrogen) atoms. The van der Waals surface area contributed by atoms with E-state index < -0.39 is 11.3 Å². The quantitative estimate of drug-likeness (QED) is 0.350. The molecule has 0 aliphatic heterocycles. The second-order valence-corrected chi connectivity index (χ2v) is 7.81. The predicted octanol–water partition coefficient (Wildman–Crippen LogP) is 3.29. The summed E-state index contributed by atoms with van der Waals surface area (Å²) >= 11 is -1.37.